The number of benzene rings is 2. The number of amides is 1. The molecule has 6 heteroatoms. The van der Waals surface area contributed by atoms with Crippen molar-refractivity contribution in [2.24, 2.45) is 5.10 Å². The Morgan fingerprint density at radius 3 is 2.58 bits per heavy atom. The minimum Gasteiger partial charge on any atom is -0.490 e. The summed E-state index contributed by atoms with van der Waals surface area (Å²) in [5, 5.41) is 3.99. The van der Waals surface area contributed by atoms with Gasteiger partial charge in [-0.15, -0.1) is 0 Å². The summed E-state index contributed by atoms with van der Waals surface area (Å²) in [5.41, 5.74) is 3.84. The van der Waals surface area contributed by atoms with Crippen LogP contribution in [0, 0.1) is 0 Å². The van der Waals surface area contributed by atoms with Gasteiger partial charge in [-0.3, -0.25) is 4.79 Å². The van der Waals surface area contributed by atoms with Gasteiger partial charge in [-0.2, -0.15) is 5.10 Å². The van der Waals surface area contributed by atoms with E-state index in [4.69, 9.17) is 9.47 Å². The largest absolute Gasteiger partial charge is 0.490 e. The molecule has 0 spiro atoms. The molecular formula is C18H19BrN2O3. The molecule has 0 saturated heterocycles. The first-order valence-corrected chi connectivity index (χ1v) is 8.42. The van der Waals surface area contributed by atoms with Gasteiger partial charge in [0, 0.05) is 10.0 Å². The van der Waals surface area contributed by atoms with Crippen LogP contribution in [0.2, 0.25) is 0 Å². The molecule has 0 radical (unpaired) electrons. The van der Waals surface area contributed by atoms with E-state index in [2.05, 4.69) is 26.5 Å². The van der Waals surface area contributed by atoms with Gasteiger partial charge in [0.1, 0.15) is 0 Å². The normalized spacial score (nSPS) is 10.6. The second-order valence-corrected chi connectivity index (χ2v) is 5.70. The molecular weight excluding hydrogens is 372 g/mol. The first-order valence-electron chi connectivity index (χ1n) is 7.62. The second-order valence-electron chi connectivity index (χ2n) is 4.78. The first kappa shape index (κ1) is 18.0. The summed E-state index contributed by atoms with van der Waals surface area (Å²) in [6.45, 7) is 4.94. The molecule has 0 bridgehead atoms. The second kappa shape index (κ2) is 9.08. The maximum Gasteiger partial charge on any atom is 0.271 e. The zero-order valence-corrected chi connectivity index (χ0v) is 15.2. The lowest BCUT2D eigenvalue weighted by molar-refractivity contribution is 0.0955. The molecule has 0 unspecified atom stereocenters. The van der Waals surface area contributed by atoms with E-state index in [-0.39, 0.29) is 5.91 Å². The molecule has 0 fully saturated rings. The summed E-state index contributed by atoms with van der Waals surface area (Å²) < 4.78 is 11.9. The fraction of sp³-hybridized carbons (Fsp3) is 0.222. The SMILES string of the molecule is CCOc1ccc(C=NNC(=O)c2cccc(Br)c2)cc1OCC. The number of nitrogens with zero attached hydrogens (tertiary/aromatic N) is 1. The van der Waals surface area contributed by atoms with Crippen molar-refractivity contribution in [1.29, 1.82) is 0 Å². The van der Waals surface area contributed by atoms with Gasteiger partial charge in [-0.05, 0) is 55.8 Å². The van der Waals surface area contributed by atoms with Crippen LogP contribution in [0.5, 0.6) is 11.5 Å². The Labute approximate surface area is 149 Å². The van der Waals surface area contributed by atoms with Gasteiger partial charge in [-0.1, -0.05) is 22.0 Å². The number of ether oxygens (including phenoxy) is 2. The molecule has 1 N–H and O–H groups in total. The van der Waals surface area contributed by atoms with Crippen LogP contribution in [0.3, 0.4) is 0 Å². The average molecular weight is 391 g/mol. The molecule has 0 aliphatic rings. The molecule has 0 saturated carbocycles. The lowest BCUT2D eigenvalue weighted by Crippen LogP contribution is -2.17. The molecule has 0 aliphatic heterocycles. The van der Waals surface area contributed by atoms with Gasteiger partial charge in [0.2, 0.25) is 0 Å². The van der Waals surface area contributed by atoms with Crippen LogP contribution in [0.4, 0.5) is 0 Å². The minimum absolute atomic E-state index is 0.275. The number of halogens is 1. The number of carbonyl (C=O) groups is 1. The maximum absolute atomic E-state index is 12.0. The fourth-order valence-corrected chi connectivity index (χ4v) is 2.41. The highest BCUT2D eigenvalue weighted by atomic mass is 79.9. The Hall–Kier alpha value is -2.34. The summed E-state index contributed by atoms with van der Waals surface area (Å²) >= 11 is 3.33. The predicted octanol–water partition coefficient (Wildman–Crippen LogP) is 4.01. The molecule has 0 aromatic heterocycles. The molecule has 0 atom stereocenters. The van der Waals surface area contributed by atoms with Gasteiger partial charge in [0.25, 0.3) is 5.91 Å². The van der Waals surface area contributed by atoms with E-state index < -0.39 is 0 Å². The van der Waals surface area contributed by atoms with Crippen LogP contribution >= 0.6 is 15.9 Å². The van der Waals surface area contributed by atoms with Crippen molar-refractivity contribution in [1.82, 2.24) is 5.43 Å². The van der Waals surface area contributed by atoms with Crippen molar-refractivity contribution in [3.8, 4) is 11.5 Å². The number of rotatable bonds is 7. The van der Waals surface area contributed by atoms with Gasteiger partial charge in [0.15, 0.2) is 11.5 Å². The van der Waals surface area contributed by atoms with Crippen molar-refractivity contribution in [3.05, 3.63) is 58.1 Å². The molecule has 0 heterocycles. The fourth-order valence-electron chi connectivity index (χ4n) is 2.01. The van der Waals surface area contributed by atoms with Gasteiger partial charge in [-0.25, -0.2) is 5.43 Å². The van der Waals surface area contributed by atoms with Crippen molar-refractivity contribution in [2.75, 3.05) is 13.2 Å². The van der Waals surface area contributed by atoms with Crippen LogP contribution < -0.4 is 14.9 Å². The lowest BCUT2D eigenvalue weighted by atomic mass is 10.2. The molecule has 2 aromatic rings. The van der Waals surface area contributed by atoms with E-state index >= 15 is 0 Å². The highest BCUT2D eigenvalue weighted by molar-refractivity contribution is 9.10. The van der Waals surface area contributed by atoms with Crippen LogP contribution in [0.1, 0.15) is 29.8 Å². The quantitative estimate of drug-likeness (QED) is 0.573. The molecule has 2 aromatic carbocycles. The highest BCUT2D eigenvalue weighted by Gasteiger charge is 2.06. The Morgan fingerprint density at radius 2 is 1.88 bits per heavy atom. The van der Waals surface area contributed by atoms with Crippen LogP contribution in [-0.4, -0.2) is 25.3 Å². The lowest BCUT2D eigenvalue weighted by Gasteiger charge is -2.11. The zero-order valence-electron chi connectivity index (χ0n) is 13.6. The summed E-state index contributed by atoms with van der Waals surface area (Å²) in [7, 11) is 0. The van der Waals surface area contributed by atoms with Crippen molar-refractivity contribution in [2.45, 2.75) is 13.8 Å². The summed E-state index contributed by atoms with van der Waals surface area (Å²) in [6, 6.07) is 12.6. The van der Waals surface area contributed by atoms with E-state index in [0.717, 1.165) is 10.0 Å². The van der Waals surface area contributed by atoms with Crippen molar-refractivity contribution in [3.63, 3.8) is 0 Å². The predicted molar refractivity (Wildman–Crippen MR) is 98.0 cm³/mol. The molecule has 0 aliphatic carbocycles. The minimum atomic E-state index is -0.275. The highest BCUT2D eigenvalue weighted by Crippen LogP contribution is 2.27. The Balaban J connectivity index is 2.05. The third-order valence-electron chi connectivity index (χ3n) is 3.03. The average Bonchev–Trinajstić information content (AvgIpc) is 2.57. The molecule has 5 nitrogen and oxygen atoms in total. The Kier molecular flexibility index (Phi) is 6.81. The molecule has 24 heavy (non-hydrogen) atoms. The topological polar surface area (TPSA) is 59.9 Å². The maximum atomic E-state index is 12.0. The number of hydrogen-bond donors (Lipinski definition) is 1. The van der Waals surface area contributed by atoms with Crippen LogP contribution in [0.25, 0.3) is 0 Å². The monoisotopic (exact) mass is 390 g/mol. The Morgan fingerprint density at radius 1 is 1.12 bits per heavy atom. The first-order chi connectivity index (χ1) is 11.6. The summed E-state index contributed by atoms with van der Waals surface area (Å²) in [4.78, 5) is 12.0. The van der Waals surface area contributed by atoms with E-state index in [1.165, 1.54) is 0 Å². The number of hydrazone groups is 1. The van der Waals surface area contributed by atoms with Crippen molar-refractivity contribution >= 4 is 28.1 Å². The molecule has 126 valence electrons. The number of nitrogens with one attached hydrogen (secondary N) is 1. The van der Waals surface area contributed by atoms with Gasteiger partial charge < -0.3 is 9.47 Å². The smallest absolute Gasteiger partial charge is 0.271 e. The summed E-state index contributed by atoms with van der Waals surface area (Å²) in [6.07, 6.45) is 1.56. The van der Waals surface area contributed by atoms with E-state index in [0.29, 0.717) is 30.3 Å². The Bertz CT molecular complexity index is 732. The van der Waals surface area contributed by atoms with Gasteiger partial charge in [0.05, 0.1) is 19.4 Å². The molecule has 1 amide bonds. The van der Waals surface area contributed by atoms with Crippen LogP contribution in [0.15, 0.2) is 52.0 Å². The van der Waals surface area contributed by atoms with Crippen LogP contribution in [-0.2, 0) is 0 Å². The number of hydrogen-bond acceptors (Lipinski definition) is 4. The van der Waals surface area contributed by atoms with E-state index in [9.17, 15) is 4.79 Å². The standard InChI is InChI=1S/C18H19BrN2O3/c1-3-23-16-9-8-13(10-17(16)24-4-2)12-20-21-18(22)14-6-5-7-15(19)11-14/h5-12H,3-4H2,1-2H3,(H,21,22). The van der Waals surface area contributed by atoms with E-state index in [1.807, 2.05) is 38.1 Å². The van der Waals surface area contributed by atoms with Gasteiger partial charge >= 0.3 is 0 Å². The third kappa shape index (κ3) is 5.09. The third-order valence-corrected chi connectivity index (χ3v) is 3.53. The zero-order chi connectivity index (χ0) is 17.4. The molecule has 2 rings (SSSR count). The number of carbonyl (C=O) groups excluding carboxylic acids is 1. The summed E-state index contributed by atoms with van der Waals surface area (Å²) in [5.74, 6) is 1.07. The van der Waals surface area contributed by atoms with Crippen molar-refractivity contribution < 1.29 is 14.3 Å². The van der Waals surface area contributed by atoms with E-state index in [1.54, 1.807) is 24.4 Å².